The van der Waals surface area contributed by atoms with Crippen molar-refractivity contribution in [1.29, 1.82) is 0 Å². The highest BCUT2D eigenvalue weighted by atomic mass is 16.5. The van der Waals surface area contributed by atoms with E-state index in [4.69, 9.17) is 9.84 Å². The predicted molar refractivity (Wildman–Crippen MR) is 72.6 cm³/mol. The number of rotatable bonds is 2. The van der Waals surface area contributed by atoms with Gasteiger partial charge in [0.2, 0.25) is 0 Å². The van der Waals surface area contributed by atoms with Crippen molar-refractivity contribution in [1.82, 2.24) is 0 Å². The lowest BCUT2D eigenvalue weighted by molar-refractivity contribution is -0.126. The summed E-state index contributed by atoms with van der Waals surface area (Å²) >= 11 is 0. The van der Waals surface area contributed by atoms with Crippen molar-refractivity contribution in [3.63, 3.8) is 0 Å². The van der Waals surface area contributed by atoms with Gasteiger partial charge in [-0.25, -0.2) is 0 Å². The summed E-state index contributed by atoms with van der Waals surface area (Å²) in [7, 11) is 0. The molecule has 2 N–H and O–H groups in total. The van der Waals surface area contributed by atoms with Gasteiger partial charge < -0.3 is 15.2 Å². The van der Waals surface area contributed by atoms with E-state index in [1.165, 1.54) is 0 Å². The number of hydrogen-bond donors (Lipinski definition) is 2. The zero-order valence-corrected chi connectivity index (χ0v) is 10.8. The van der Waals surface area contributed by atoms with Crippen LogP contribution in [0.25, 0.3) is 0 Å². The number of nitrogens with one attached hydrogen (secondary N) is 1. The first-order valence-corrected chi connectivity index (χ1v) is 6.36. The van der Waals surface area contributed by atoms with Crippen LogP contribution in [-0.4, -0.2) is 29.8 Å². The molecule has 0 aliphatic carbocycles. The van der Waals surface area contributed by atoms with Crippen LogP contribution in [0.5, 0.6) is 0 Å². The molecule has 2 rings (SSSR count). The first kappa shape index (κ1) is 13.6. The van der Waals surface area contributed by atoms with E-state index in [0.29, 0.717) is 11.3 Å². The quantitative estimate of drug-likeness (QED) is 0.792. The van der Waals surface area contributed by atoms with E-state index in [-0.39, 0.29) is 24.7 Å². The van der Waals surface area contributed by atoms with Crippen molar-refractivity contribution in [2.45, 2.75) is 32.0 Å². The number of benzene rings is 1. The Labute approximate surface area is 112 Å². The number of carbonyl (C=O) groups excluding carboxylic acids is 1. The molecule has 0 radical (unpaired) electrons. The van der Waals surface area contributed by atoms with Gasteiger partial charge >= 0.3 is 0 Å². The summed E-state index contributed by atoms with van der Waals surface area (Å²) in [6.45, 7) is 1.76. The van der Waals surface area contributed by atoms with Crippen LogP contribution in [0, 0.1) is 11.8 Å². The highest BCUT2D eigenvalue weighted by Gasteiger charge is 2.28. The van der Waals surface area contributed by atoms with Crippen molar-refractivity contribution in [2.24, 2.45) is 0 Å². The Morgan fingerprint density at radius 2 is 2.26 bits per heavy atom. The van der Waals surface area contributed by atoms with E-state index in [1.807, 2.05) is 19.1 Å². The first-order chi connectivity index (χ1) is 9.20. The third-order valence-corrected chi connectivity index (χ3v) is 3.01. The zero-order chi connectivity index (χ0) is 13.7. The molecule has 0 aromatic heterocycles. The summed E-state index contributed by atoms with van der Waals surface area (Å²) in [6, 6.07) is 7.26. The van der Waals surface area contributed by atoms with Crippen LogP contribution >= 0.6 is 0 Å². The smallest absolute Gasteiger partial charge is 0.253 e. The van der Waals surface area contributed by atoms with E-state index < -0.39 is 0 Å². The summed E-state index contributed by atoms with van der Waals surface area (Å²) in [5.41, 5.74) is 1.34. The molecule has 100 valence electrons. The number of para-hydroxylation sites is 1. The molecule has 19 heavy (non-hydrogen) atoms. The topological polar surface area (TPSA) is 58.6 Å². The standard InChI is InChI=1S/C15H17NO3/c1-11-8-9-14(19-11)15(18)16-13-7-3-2-5-12(13)6-4-10-17/h2-3,5,7,11,14,17H,8-10H2,1H3,(H,16,18). The van der Waals surface area contributed by atoms with Gasteiger partial charge in [0.15, 0.2) is 0 Å². The highest BCUT2D eigenvalue weighted by molar-refractivity contribution is 5.95. The Balaban J connectivity index is 2.08. The van der Waals surface area contributed by atoms with Crippen LogP contribution in [0.3, 0.4) is 0 Å². The van der Waals surface area contributed by atoms with Crippen molar-refractivity contribution in [3.8, 4) is 11.8 Å². The Kier molecular flexibility index (Phi) is 4.56. The Bertz CT molecular complexity index is 516. The molecule has 1 saturated heterocycles. The van der Waals surface area contributed by atoms with Crippen molar-refractivity contribution in [2.75, 3.05) is 11.9 Å². The number of hydrogen-bond acceptors (Lipinski definition) is 3. The van der Waals surface area contributed by atoms with Crippen molar-refractivity contribution >= 4 is 11.6 Å². The van der Waals surface area contributed by atoms with E-state index in [9.17, 15) is 4.79 Å². The van der Waals surface area contributed by atoms with Gasteiger partial charge in [-0.3, -0.25) is 4.79 Å². The second kappa shape index (κ2) is 6.37. The van der Waals surface area contributed by atoms with Crippen LogP contribution in [-0.2, 0) is 9.53 Å². The molecule has 1 aromatic rings. The van der Waals surface area contributed by atoms with Crippen LogP contribution in [0.1, 0.15) is 25.3 Å². The summed E-state index contributed by atoms with van der Waals surface area (Å²) < 4.78 is 5.53. The number of carbonyl (C=O) groups is 1. The second-order valence-corrected chi connectivity index (χ2v) is 4.51. The van der Waals surface area contributed by atoms with Crippen LogP contribution in [0.2, 0.25) is 0 Å². The van der Waals surface area contributed by atoms with Crippen LogP contribution < -0.4 is 5.32 Å². The number of aliphatic hydroxyl groups excluding tert-OH is 1. The van der Waals surface area contributed by atoms with E-state index in [1.54, 1.807) is 12.1 Å². The minimum Gasteiger partial charge on any atom is -0.384 e. The summed E-state index contributed by atoms with van der Waals surface area (Å²) in [5.74, 6) is 5.25. The molecule has 1 aliphatic rings. The maximum atomic E-state index is 12.1. The monoisotopic (exact) mass is 259 g/mol. The second-order valence-electron chi connectivity index (χ2n) is 4.51. The average molecular weight is 259 g/mol. The average Bonchev–Trinajstić information content (AvgIpc) is 2.84. The molecular weight excluding hydrogens is 242 g/mol. The van der Waals surface area contributed by atoms with Crippen LogP contribution in [0.4, 0.5) is 5.69 Å². The zero-order valence-electron chi connectivity index (χ0n) is 10.8. The Morgan fingerprint density at radius 3 is 2.95 bits per heavy atom. The van der Waals surface area contributed by atoms with Crippen LogP contribution in [0.15, 0.2) is 24.3 Å². The Morgan fingerprint density at radius 1 is 1.47 bits per heavy atom. The minimum atomic E-state index is -0.381. The lowest BCUT2D eigenvalue weighted by Crippen LogP contribution is -2.28. The fraction of sp³-hybridized carbons (Fsp3) is 0.400. The van der Waals surface area contributed by atoms with Crippen molar-refractivity contribution < 1.29 is 14.6 Å². The molecule has 2 atom stereocenters. The van der Waals surface area contributed by atoms with Gasteiger partial charge in [-0.05, 0) is 31.9 Å². The maximum Gasteiger partial charge on any atom is 0.253 e. The first-order valence-electron chi connectivity index (χ1n) is 6.36. The van der Waals surface area contributed by atoms with E-state index >= 15 is 0 Å². The molecule has 1 fully saturated rings. The number of amides is 1. The van der Waals surface area contributed by atoms with Crippen molar-refractivity contribution in [3.05, 3.63) is 29.8 Å². The third kappa shape index (κ3) is 3.57. The van der Waals surface area contributed by atoms with Gasteiger partial charge in [-0.15, -0.1) is 0 Å². The molecule has 1 aliphatic heterocycles. The van der Waals surface area contributed by atoms with Gasteiger partial charge in [0, 0.05) is 5.56 Å². The molecule has 4 nitrogen and oxygen atoms in total. The largest absolute Gasteiger partial charge is 0.384 e. The van der Waals surface area contributed by atoms with Gasteiger partial charge in [-0.1, -0.05) is 24.0 Å². The lowest BCUT2D eigenvalue weighted by Gasteiger charge is -2.12. The SMILES string of the molecule is CC1CCC(C(=O)Nc2ccccc2C#CCO)O1. The van der Waals surface area contributed by atoms with E-state index in [2.05, 4.69) is 17.2 Å². The fourth-order valence-corrected chi connectivity index (χ4v) is 2.04. The molecule has 0 saturated carbocycles. The number of aliphatic hydroxyl groups is 1. The Hall–Kier alpha value is -1.83. The maximum absolute atomic E-state index is 12.1. The lowest BCUT2D eigenvalue weighted by atomic mass is 10.1. The molecule has 0 bridgehead atoms. The molecule has 1 aromatic carbocycles. The predicted octanol–water partition coefficient (Wildman–Crippen LogP) is 1.54. The molecule has 0 spiro atoms. The molecular formula is C15H17NO3. The van der Waals surface area contributed by atoms with E-state index in [0.717, 1.165) is 12.8 Å². The number of ether oxygens (including phenoxy) is 1. The van der Waals surface area contributed by atoms with Gasteiger partial charge in [0.1, 0.15) is 12.7 Å². The summed E-state index contributed by atoms with van der Waals surface area (Å²) in [5, 5.41) is 11.6. The van der Waals surface area contributed by atoms with Gasteiger partial charge in [0.05, 0.1) is 11.8 Å². The third-order valence-electron chi connectivity index (χ3n) is 3.01. The minimum absolute atomic E-state index is 0.136. The molecule has 1 amide bonds. The molecule has 1 heterocycles. The summed E-state index contributed by atoms with van der Waals surface area (Å²) in [4.78, 5) is 12.1. The number of anilines is 1. The molecule has 2 unspecified atom stereocenters. The normalized spacial score (nSPS) is 21.6. The highest BCUT2D eigenvalue weighted by Crippen LogP contribution is 2.21. The fourth-order valence-electron chi connectivity index (χ4n) is 2.04. The molecule has 4 heteroatoms. The summed E-state index contributed by atoms with van der Waals surface area (Å²) in [6.07, 6.45) is 1.41. The van der Waals surface area contributed by atoms with Gasteiger partial charge in [-0.2, -0.15) is 0 Å². The van der Waals surface area contributed by atoms with Gasteiger partial charge in [0.25, 0.3) is 5.91 Å².